The molecule has 2 heterocycles. The number of amides is 2. The molecule has 3 aromatic rings. The average molecular weight is 481 g/mol. The summed E-state index contributed by atoms with van der Waals surface area (Å²) in [5, 5.41) is 6.84. The van der Waals surface area contributed by atoms with E-state index >= 15 is 0 Å². The van der Waals surface area contributed by atoms with Gasteiger partial charge in [0.1, 0.15) is 11.6 Å². The minimum atomic E-state index is -0.167. The third-order valence-corrected chi connectivity index (χ3v) is 6.89. The third kappa shape index (κ3) is 6.45. The Bertz CT molecular complexity index is 1110. The second kappa shape index (κ2) is 11.3. The van der Waals surface area contributed by atoms with Gasteiger partial charge in [-0.05, 0) is 54.8 Å². The van der Waals surface area contributed by atoms with Gasteiger partial charge in [-0.25, -0.2) is 9.78 Å². The fraction of sp³-hybridized carbons (Fsp3) is 0.400. The van der Waals surface area contributed by atoms with Gasteiger partial charge in [0, 0.05) is 62.9 Å². The van der Waals surface area contributed by atoms with E-state index in [2.05, 4.69) is 37.8 Å². The molecule has 0 saturated carbocycles. The number of aromatic nitrogens is 2. The zero-order chi connectivity index (χ0) is 23.9. The highest BCUT2D eigenvalue weighted by atomic mass is 32.1. The number of carbonyl (C=O) groups is 1. The molecule has 180 valence electrons. The molecule has 1 aromatic heterocycles. The normalized spacial score (nSPS) is 14.1. The predicted octanol–water partition coefficient (Wildman–Crippen LogP) is 3.70. The van der Waals surface area contributed by atoms with E-state index in [1.807, 2.05) is 43.3 Å². The lowest BCUT2D eigenvalue weighted by atomic mass is 10.1. The van der Waals surface area contributed by atoms with Crippen LogP contribution < -0.4 is 20.3 Å². The molecule has 34 heavy (non-hydrogen) atoms. The number of hydrogen-bond donors (Lipinski definition) is 2. The molecule has 0 atom stereocenters. The predicted molar refractivity (Wildman–Crippen MR) is 137 cm³/mol. The zero-order valence-electron chi connectivity index (χ0n) is 20.0. The van der Waals surface area contributed by atoms with Crippen molar-refractivity contribution in [1.82, 2.24) is 19.6 Å². The number of piperazine rings is 1. The van der Waals surface area contributed by atoms with Crippen molar-refractivity contribution in [1.29, 1.82) is 0 Å². The topological polar surface area (TPSA) is 82.6 Å². The van der Waals surface area contributed by atoms with Crippen molar-refractivity contribution >= 4 is 28.4 Å². The minimum absolute atomic E-state index is 0.167. The quantitative estimate of drug-likeness (QED) is 0.512. The number of urea groups is 1. The Hall–Kier alpha value is -3.17. The number of ether oxygens (including phenoxy) is 1. The highest BCUT2D eigenvalue weighted by molar-refractivity contribution is 7.09. The number of methoxy groups -OCH3 is 1. The lowest BCUT2D eigenvalue weighted by Crippen LogP contribution is -2.48. The second-order valence-corrected chi connectivity index (χ2v) is 9.26. The van der Waals surface area contributed by atoms with Gasteiger partial charge in [0.15, 0.2) is 0 Å². The number of hydrogen-bond acceptors (Lipinski definition) is 7. The lowest BCUT2D eigenvalue weighted by molar-refractivity contribution is 0.240. The highest BCUT2D eigenvalue weighted by Gasteiger charge is 2.20. The number of rotatable bonds is 8. The zero-order valence-corrected chi connectivity index (χ0v) is 20.8. The largest absolute Gasteiger partial charge is 0.497 e. The summed E-state index contributed by atoms with van der Waals surface area (Å²) >= 11 is 1.46. The van der Waals surface area contributed by atoms with Crippen LogP contribution in [0.4, 0.5) is 15.6 Å². The Morgan fingerprint density at radius 3 is 2.68 bits per heavy atom. The summed E-state index contributed by atoms with van der Waals surface area (Å²) in [5.74, 6) is 1.69. The van der Waals surface area contributed by atoms with E-state index < -0.39 is 0 Å². The first-order valence-electron chi connectivity index (χ1n) is 11.5. The Balaban J connectivity index is 1.18. The molecule has 1 fully saturated rings. The summed E-state index contributed by atoms with van der Waals surface area (Å²) in [6.07, 6.45) is 0.698. The van der Waals surface area contributed by atoms with Gasteiger partial charge in [-0.15, -0.1) is 0 Å². The smallest absolute Gasteiger partial charge is 0.319 e. The summed E-state index contributed by atoms with van der Waals surface area (Å²) < 4.78 is 9.86. The van der Waals surface area contributed by atoms with Crippen LogP contribution in [0.5, 0.6) is 5.75 Å². The summed E-state index contributed by atoms with van der Waals surface area (Å²) in [4.78, 5) is 21.6. The monoisotopic (exact) mass is 480 g/mol. The molecule has 8 nitrogen and oxygen atoms in total. The number of benzene rings is 2. The Kier molecular flexibility index (Phi) is 7.97. The fourth-order valence-corrected chi connectivity index (χ4v) is 4.63. The van der Waals surface area contributed by atoms with Gasteiger partial charge in [-0.2, -0.15) is 4.37 Å². The van der Waals surface area contributed by atoms with Crippen molar-refractivity contribution in [2.75, 3.05) is 56.6 Å². The van der Waals surface area contributed by atoms with Crippen LogP contribution in [0.25, 0.3) is 0 Å². The summed E-state index contributed by atoms with van der Waals surface area (Å²) in [6.45, 7) is 9.22. The first-order chi connectivity index (χ1) is 16.5. The van der Waals surface area contributed by atoms with Crippen molar-refractivity contribution in [3.05, 3.63) is 65.0 Å². The Morgan fingerprint density at radius 1 is 1.09 bits per heavy atom. The Morgan fingerprint density at radius 2 is 1.91 bits per heavy atom. The number of anilines is 2. The SMILES string of the molecule is COc1cccc(Cc2nsc(N3CCN(CCNC(=O)Nc4ccc(C)c(C)c4)CC3)n2)c1. The molecular formula is C25H32N6O2S. The van der Waals surface area contributed by atoms with Crippen molar-refractivity contribution in [2.24, 2.45) is 0 Å². The maximum absolute atomic E-state index is 12.2. The molecule has 0 radical (unpaired) electrons. The van der Waals surface area contributed by atoms with Crippen LogP contribution in [0, 0.1) is 13.8 Å². The van der Waals surface area contributed by atoms with E-state index in [0.717, 1.165) is 60.7 Å². The first kappa shape index (κ1) is 24.0. The molecule has 0 aliphatic carbocycles. The average Bonchev–Trinajstić information content (AvgIpc) is 3.30. The molecule has 1 aliphatic rings. The van der Waals surface area contributed by atoms with Crippen LogP contribution in [0.2, 0.25) is 0 Å². The molecular weight excluding hydrogens is 448 g/mol. The molecule has 2 N–H and O–H groups in total. The molecule has 0 unspecified atom stereocenters. The Labute approximate surface area is 205 Å². The molecule has 9 heteroatoms. The van der Waals surface area contributed by atoms with Gasteiger partial charge in [0.2, 0.25) is 5.13 Å². The molecule has 1 aliphatic heterocycles. The summed E-state index contributed by atoms with van der Waals surface area (Å²) in [5.41, 5.74) is 4.34. The third-order valence-electron chi connectivity index (χ3n) is 6.07. The molecule has 4 rings (SSSR count). The van der Waals surface area contributed by atoms with Gasteiger partial charge in [0.25, 0.3) is 0 Å². The van der Waals surface area contributed by atoms with Crippen molar-refractivity contribution < 1.29 is 9.53 Å². The fourth-order valence-electron chi connectivity index (χ4n) is 3.89. The van der Waals surface area contributed by atoms with Crippen LogP contribution in [0.15, 0.2) is 42.5 Å². The number of nitrogens with one attached hydrogen (secondary N) is 2. The van der Waals surface area contributed by atoms with Crippen molar-refractivity contribution in [3.8, 4) is 5.75 Å². The van der Waals surface area contributed by atoms with E-state index in [1.165, 1.54) is 22.7 Å². The van der Waals surface area contributed by atoms with Crippen LogP contribution >= 0.6 is 11.5 Å². The van der Waals surface area contributed by atoms with E-state index in [9.17, 15) is 4.79 Å². The van der Waals surface area contributed by atoms with Gasteiger partial charge < -0.3 is 20.3 Å². The molecule has 0 spiro atoms. The molecule has 2 amide bonds. The first-order valence-corrected chi connectivity index (χ1v) is 12.3. The van der Waals surface area contributed by atoms with E-state index in [0.29, 0.717) is 13.0 Å². The molecule has 2 aromatic carbocycles. The molecule has 0 bridgehead atoms. The van der Waals surface area contributed by atoms with Crippen molar-refractivity contribution in [3.63, 3.8) is 0 Å². The summed E-state index contributed by atoms with van der Waals surface area (Å²) in [7, 11) is 1.68. The standard InChI is InChI=1S/C25H32N6O2S/c1-18-7-8-21(15-19(18)2)27-24(32)26-9-10-30-11-13-31(14-12-30)25-28-23(29-34-25)17-20-5-4-6-22(16-20)33-3/h4-8,15-16H,9-14,17H2,1-3H3,(H2,26,27,32). The number of nitrogens with zero attached hydrogens (tertiary/aromatic N) is 4. The van der Waals surface area contributed by atoms with Gasteiger partial charge in [-0.3, -0.25) is 4.90 Å². The van der Waals surface area contributed by atoms with Crippen LogP contribution in [0.1, 0.15) is 22.5 Å². The lowest BCUT2D eigenvalue weighted by Gasteiger charge is -2.34. The van der Waals surface area contributed by atoms with Gasteiger partial charge >= 0.3 is 6.03 Å². The van der Waals surface area contributed by atoms with E-state index in [-0.39, 0.29) is 6.03 Å². The van der Waals surface area contributed by atoms with E-state index in [1.54, 1.807) is 7.11 Å². The van der Waals surface area contributed by atoms with E-state index in [4.69, 9.17) is 9.72 Å². The minimum Gasteiger partial charge on any atom is -0.497 e. The number of carbonyl (C=O) groups excluding carboxylic acids is 1. The number of aryl methyl sites for hydroxylation is 2. The summed E-state index contributed by atoms with van der Waals surface area (Å²) in [6, 6.07) is 13.8. The van der Waals surface area contributed by atoms with Gasteiger partial charge in [-0.1, -0.05) is 18.2 Å². The van der Waals surface area contributed by atoms with Crippen LogP contribution in [-0.4, -0.2) is 66.7 Å². The highest BCUT2D eigenvalue weighted by Crippen LogP contribution is 2.21. The van der Waals surface area contributed by atoms with Crippen LogP contribution in [0.3, 0.4) is 0 Å². The van der Waals surface area contributed by atoms with Crippen molar-refractivity contribution in [2.45, 2.75) is 20.3 Å². The van der Waals surface area contributed by atoms with Crippen LogP contribution in [-0.2, 0) is 6.42 Å². The second-order valence-electron chi connectivity index (χ2n) is 8.53. The maximum atomic E-state index is 12.2. The maximum Gasteiger partial charge on any atom is 0.319 e. The molecule has 1 saturated heterocycles. The van der Waals surface area contributed by atoms with Gasteiger partial charge in [0.05, 0.1) is 7.11 Å².